The van der Waals surface area contributed by atoms with E-state index in [0.717, 1.165) is 6.07 Å². The molecule has 6 nitrogen and oxygen atoms in total. The molecule has 1 aliphatic rings. The molecule has 0 bridgehead atoms. The summed E-state index contributed by atoms with van der Waals surface area (Å²) in [5.41, 5.74) is 5.59. The quantitative estimate of drug-likeness (QED) is 0.797. The maximum absolute atomic E-state index is 13.8. The van der Waals surface area contributed by atoms with Gasteiger partial charge in [0.2, 0.25) is 15.9 Å². The summed E-state index contributed by atoms with van der Waals surface area (Å²) in [7, 11) is -2.34. The van der Waals surface area contributed by atoms with Gasteiger partial charge in [-0.3, -0.25) is 4.79 Å². The molecule has 0 unspecified atom stereocenters. The molecule has 21 heavy (non-hydrogen) atoms. The normalized spacial score (nSPS) is 17.6. The molecule has 0 aromatic heterocycles. The molecule has 0 atom stereocenters. The SMILES string of the molecule is CNC(=O)C1CCN(S(=O)(=O)c2ccc(N)cc2F)CC1. The molecule has 1 fully saturated rings. The van der Waals surface area contributed by atoms with Crippen LogP contribution >= 0.6 is 0 Å². The lowest BCUT2D eigenvalue weighted by Crippen LogP contribution is -2.42. The molecule has 116 valence electrons. The number of nitrogens with zero attached hydrogens (tertiary/aromatic N) is 1. The first kappa shape index (κ1) is 15.7. The number of benzene rings is 1. The second-order valence-electron chi connectivity index (χ2n) is 4.98. The highest BCUT2D eigenvalue weighted by Crippen LogP contribution is 2.26. The summed E-state index contributed by atoms with van der Waals surface area (Å²) in [5, 5.41) is 2.55. The topological polar surface area (TPSA) is 92.5 Å². The maximum Gasteiger partial charge on any atom is 0.245 e. The van der Waals surface area contributed by atoms with E-state index >= 15 is 0 Å². The summed E-state index contributed by atoms with van der Waals surface area (Å²) < 4.78 is 39.8. The number of piperidine rings is 1. The number of nitrogens with one attached hydrogen (secondary N) is 1. The standard InChI is InChI=1S/C13H18FN3O3S/c1-16-13(18)9-4-6-17(7-5-9)21(19,20)12-3-2-10(15)8-11(12)14/h2-3,8-9H,4-7,15H2,1H3,(H,16,18). The molecule has 1 aromatic carbocycles. The highest BCUT2D eigenvalue weighted by Gasteiger charge is 2.33. The lowest BCUT2D eigenvalue weighted by Gasteiger charge is -2.30. The number of carbonyl (C=O) groups is 1. The van der Waals surface area contributed by atoms with Crippen LogP contribution in [0.2, 0.25) is 0 Å². The molecule has 0 spiro atoms. The highest BCUT2D eigenvalue weighted by molar-refractivity contribution is 7.89. The third-order valence-corrected chi connectivity index (χ3v) is 5.58. The van der Waals surface area contributed by atoms with Gasteiger partial charge < -0.3 is 11.1 Å². The molecule has 1 aromatic rings. The average Bonchev–Trinajstić information content (AvgIpc) is 2.46. The van der Waals surface area contributed by atoms with Crippen LogP contribution in [0.15, 0.2) is 23.1 Å². The van der Waals surface area contributed by atoms with Crippen molar-refractivity contribution in [1.82, 2.24) is 9.62 Å². The molecule has 8 heteroatoms. The maximum atomic E-state index is 13.8. The fourth-order valence-corrected chi connectivity index (χ4v) is 3.94. The minimum absolute atomic E-state index is 0.0919. The molecule has 2 rings (SSSR count). The Balaban J connectivity index is 2.17. The molecule has 1 saturated heterocycles. The number of nitrogen functional groups attached to an aromatic ring is 1. The Morgan fingerprint density at radius 2 is 2.00 bits per heavy atom. The van der Waals surface area contributed by atoms with Crippen LogP contribution in [0.1, 0.15) is 12.8 Å². The van der Waals surface area contributed by atoms with Crippen molar-refractivity contribution in [3.63, 3.8) is 0 Å². The van der Waals surface area contributed by atoms with Crippen molar-refractivity contribution in [3.8, 4) is 0 Å². The van der Waals surface area contributed by atoms with Crippen LogP contribution in [-0.2, 0) is 14.8 Å². The van der Waals surface area contributed by atoms with Gasteiger partial charge in [-0.2, -0.15) is 4.31 Å². The smallest absolute Gasteiger partial charge is 0.245 e. The average molecular weight is 315 g/mol. The molecular weight excluding hydrogens is 297 g/mol. The molecule has 1 heterocycles. The van der Waals surface area contributed by atoms with E-state index in [1.165, 1.54) is 16.4 Å². The van der Waals surface area contributed by atoms with Crippen LogP contribution in [-0.4, -0.2) is 38.8 Å². The van der Waals surface area contributed by atoms with Gasteiger partial charge in [-0.1, -0.05) is 0 Å². The van der Waals surface area contributed by atoms with Crippen LogP contribution in [0.4, 0.5) is 10.1 Å². The minimum Gasteiger partial charge on any atom is -0.399 e. The van der Waals surface area contributed by atoms with Crippen LogP contribution in [0.3, 0.4) is 0 Å². The number of carbonyl (C=O) groups excluding carboxylic acids is 1. The molecule has 0 aliphatic carbocycles. The third kappa shape index (κ3) is 3.16. The van der Waals surface area contributed by atoms with E-state index in [1.807, 2.05) is 0 Å². The minimum atomic E-state index is -3.89. The Kier molecular flexibility index (Phi) is 4.48. The molecule has 3 N–H and O–H groups in total. The third-order valence-electron chi connectivity index (χ3n) is 3.64. The van der Waals surface area contributed by atoms with Gasteiger partial charge in [0.05, 0.1) is 0 Å². The summed E-state index contributed by atoms with van der Waals surface area (Å²) in [6.07, 6.45) is 0.852. The number of halogens is 1. The lowest BCUT2D eigenvalue weighted by molar-refractivity contribution is -0.125. The Labute approximate surface area is 123 Å². The zero-order valence-electron chi connectivity index (χ0n) is 11.7. The highest BCUT2D eigenvalue weighted by atomic mass is 32.2. The number of hydrogen-bond acceptors (Lipinski definition) is 4. The predicted molar refractivity (Wildman–Crippen MR) is 76.4 cm³/mol. The van der Waals surface area contributed by atoms with Crippen LogP contribution in [0.25, 0.3) is 0 Å². The van der Waals surface area contributed by atoms with Gasteiger partial charge in [-0.05, 0) is 31.0 Å². The van der Waals surface area contributed by atoms with Gasteiger partial charge in [0.1, 0.15) is 10.7 Å². The van der Waals surface area contributed by atoms with E-state index in [2.05, 4.69) is 5.32 Å². The van der Waals surface area contributed by atoms with Crippen molar-refractivity contribution in [1.29, 1.82) is 0 Å². The molecule has 0 radical (unpaired) electrons. The molecule has 1 aliphatic heterocycles. The van der Waals surface area contributed by atoms with Gasteiger partial charge in [-0.25, -0.2) is 12.8 Å². The van der Waals surface area contributed by atoms with E-state index in [1.54, 1.807) is 7.05 Å². The molecule has 0 saturated carbocycles. The van der Waals surface area contributed by atoms with Crippen molar-refractivity contribution >= 4 is 21.6 Å². The zero-order valence-corrected chi connectivity index (χ0v) is 12.5. The van der Waals surface area contributed by atoms with Gasteiger partial charge in [0.15, 0.2) is 0 Å². The van der Waals surface area contributed by atoms with Gasteiger partial charge >= 0.3 is 0 Å². The summed E-state index contributed by atoms with van der Waals surface area (Å²) in [6.45, 7) is 0.397. The van der Waals surface area contributed by atoms with Gasteiger partial charge in [0, 0.05) is 31.7 Å². The summed E-state index contributed by atoms with van der Waals surface area (Å²) in [6, 6.07) is 3.52. The Morgan fingerprint density at radius 1 is 1.38 bits per heavy atom. The van der Waals surface area contributed by atoms with Gasteiger partial charge in [0.25, 0.3) is 0 Å². The predicted octanol–water partition coefficient (Wildman–Crippen LogP) is 0.555. The van der Waals surface area contributed by atoms with E-state index in [9.17, 15) is 17.6 Å². The molecular formula is C13H18FN3O3S. The van der Waals surface area contributed by atoms with Crippen LogP contribution < -0.4 is 11.1 Å². The van der Waals surface area contributed by atoms with Crippen molar-refractivity contribution in [3.05, 3.63) is 24.0 Å². The van der Waals surface area contributed by atoms with Crippen LogP contribution in [0, 0.1) is 11.7 Å². The summed E-state index contributed by atoms with van der Waals surface area (Å²) in [4.78, 5) is 11.2. The Bertz CT molecular complexity index is 640. The first-order chi connectivity index (χ1) is 9.86. The van der Waals surface area contributed by atoms with Crippen molar-refractivity contribution < 1.29 is 17.6 Å². The number of nitrogens with two attached hydrogens (primary N) is 1. The fraction of sp³-hybridized carbons (Fsp3) is 0.462. The van der Waals surface area contributed by atoms with E-state index in [0.29, 0.717) is 12.8 Å². The lowest BCUT2D eigenvalue weighted by atomic mass is 9.97. The van der Waals surface area contributed by atoms with Crippen LogP contribution in [0.5, 0.6) is 0 Å². The number of hydrogen-bond donors (Lipinski definition) is 2. The Hall–Kier alpha value is -1.67. The second kappa shape index (κ2) is 5.98. The van der Waals surface area contributed by atoms with E-state index < -0.39 is 15.8 Å². The van der Waals surface area contributed by atoms with E-state index in [-0.39, 0.29) is 35.5 Å². The van der Waals surface area contributed by atoms with Crippen molar-refractivity contribution in [2.24, 2.45) is 5.92 Å². The first-order valence-electron chi connectivity index (χ1n) is 6.63. The van der Waals surface area contributed by atoms with E-state index in [4.69, 9.17) is 5.73 Å². The summed E-state index contributed by atoms with van der Waals surface area (Å²) in [5.74, 6) is -1.15. The fourth-order valence-electron chi connectivity index (χ4n) is 2.43. The van der Waals surface area contributed by atoms with Crippen molar-refractivity contribution in [2.75, 3.05) is 25.9 Å². The number of anilines is 1. The largest absolute Gasteiger partial charge is 0.399 e. The Morgan fingerprint density at radius 3 is 2.52 bits per heavy atom. The monoisotopic (exact) mass is 315 g/mol. The second-order valence-corrected chi connectivity index (χ2v) is 6.89. The molecule has 1 amide bonds. The number of amides is 1. The zero-order chi connectivity index (χ0) is 15.6. The number of sulfonamides is 1. The van der Waals surface area contributed by atoms with Gasteiger partial charge in [-0.15, -0.1) is 0 Å². The summed E-state index contributed by atoms with van der Waals surface area (Å²) >= 11 is 0. The van der Waals surface area contributed by atoms with Crippen molar-refractivity contribution in [2.45, 2.75) is 17.7 Å². The number of rotatable bonds is 3. The first-order valence-corrected chi connectivity index (χ1v) is 8.07.